The molecule has 0 atom stereocenters. The van der Waals surface area contributed by atoms with E-state index in [1.807, 2.05) is 0 Å². The minimum absolute atomic E-state index is 0. The number of carbonyl (C=O) groups is 1. The summed E-state index contributed by atoms with van der Waals surface area (Å²) in [5.74, 6) is -0.0714. The molecule has 1 aliphatic heterocycles. The number of halogens is 1. The predicted molar refractivity (Wildman–Crippen MR) is 95.4 cm³/mol. The second-order valence-corrected chi connectivity index (χ2v) is 7.02. The number of anilines is 1. The largest absolute Gasteiger partial charge is 0.383 e. The van der Waals surface area contributed by atoms with E-state index in [1.165, 1.54) is 0 Å². The fraction of sp³-hybridized carbons (Fsp3) is 0.533. The average molecular weight is 378 g/mol. The van der Waals surface area contributed by atoms with Gasteiger partial charge in [0.25, 0.3) is 0 Å². The van der Waals surface area contributed by atoms with Gasteiger partial charge in [0.15, 0.2) is 0 Å². The fourth-order valence-corrected chi connectivity index (χ4v) is 3.58. The molecule has 0 saturated heterocycles. The summed E-state index contributed by atoms with van der Waals surface area (Å²) in [4.78, 5) is 14.1. The number of amides is 1. The van der Waals surface area contributed by atoms with Crippen LogP contribution in [0.3, 0.4) is 0 Å². The first kappa shape index (κ1) is 20.9. The Labute approximate surface area is 149 Å². The molecule has 1 aliphatic rings. The highest BCUT2D eigenvalue weighted by atomic mass is 35.5. The number of benzene rings is 1. The molecule has 7 nitrogen and oxygen atoms in total. The van der Waals surface area contributed by atoms with Crippen LogP contribution in [0.2, 0.25) is 0 Å². The van der Waals surface area contributed by atoms with Crippen molar-refractivity contribution < 1.29 is 17.9 Å². The first-order chi connectivity index (χ1) is 11.0. The molecule has 2 N–H and O–H groups in total. The maximum Gasteiger partial charge on any atom is 0.240 e. The lowest BCUT2D eigenvalue weighted by Crippen LogP contribution is -2.38. The normalized spacial score (nSPS) is 13.5. The third-order valence-corrected chi connectivity index (χ3v) is 5.20. The molecule has 1 amide bonds. The van der Waals surface area contributed by atoms with Crippen molar-refractivity contribution >= 4 is 34.0 Å². The number of methoxy groups -OCH3 is 1. The fourth-order valence-electron chi connectivity index (χ4n) is 2.52. The van der Waals surface area contributed by atoms with Crippen LogP contribution in [-0.4, -0.2) is 54.2 Å². The molecule has 0 radical (unpaired) electrons. The summed E-state index contributed by atoms with van der Waals surface area (Å²) < 4.78 is 31.6. The second kappa shape index (κ2) is 9.33. The van der Waals surface area contributed by atoms with E-state index in [4.69, 9.17) is 4.74 Å². The molecule has 0 aliphatic carbocycles. The van der Waals surface area contributed by atoms with Crippen LogP contribution in [0.4, 0.5) is 5.69 Å². The van der Waals surface area contributed by atoms with Crippen molar-refractivity contribution in [3.05, 3.63) is 23.8 Å². The third kappa shape index (κ3) is 4.90. The minimum Gasteiger partial charge on any atom is -0.383 e. The van der Waals surface area contributed by atoms with Crippen LogP contribution in [0, 0.1) is 0 Å². The maximum atomic E-state index is 12.3. The molecular formula is C15H24ClN3O4S. The standard InChI is InChI=1S/C15H23N3O4S.ClH/c1-3-17-23(20,21)13-5-4-12-6-8-18(14(12)10-13)15(19)11-16-7-9-22-2;/h4-5,10,16-17H,3,6-9,11H2,1-2H3;1H. The van der Waals surface area contributed by atoms with Gasteiger partial charge in [0.2, 0.25) is 15.9 Å². The molecule has 0 saturated carbocycles. The Kier molecular flexibility index (Phi) is 8.11. The van der Waals surface area contributed by atoms with Gasteiger partial charge in [-0.15, -0.1) is 12.4 Å². The number of hydrogen-bond donors (Lipinski definition) is 2. The van der Waals surface area contributed by atoms with E-state index in [2.05, 4.69) is 10.0 Å². The highest BCUT2D eigenvalue weighted by Gasteiger charge is 2.26. The van der Waals surface area contributed by atoms with Crippen LogP contribution < -0.4 is 14.9 Å². The van der Waals surface area contributed by atoms with Gasteiger partial charge in [0, 0.05) is 32.4 Å². The summed E-state index contributed by atoms with van der Waals surface area (Å²) in [5, 5.41) is 3.01. The molecule has 24 heavy (non-hydrogen) atoms. The molecule has 0 aromatic heterocycles. The Bertz CT molecular complexity index is 667. The first-order valence-corrected chi connectivity index (χ1v) is 9.10. The molecule has 0 spiro atoms. The molecule has 1 aromatic carbocycles. The van der Waals surface area contributed by atoms with E-state index < -0.39 is 10.0 Å². The number of carbonyl (C=O) groups excluding carboxylic acids is 1. The van der Waals surface area contributed by atoms with Gasteiger partial charge < -0.3 is 15.0 Å². The minimum atomic E-state index is -3.53. The Morgan fingerprint density at radius 2 is 2.12 bits per heavy atom. The zero-order chi connectivity index (χ0) is 16.9. The van der Waals surface area contributed by atoms with Crippen molar-refractivity contribution in [1.82, 2.24) is 10.0 Å². The van der Waals surface area contributed by atoms with E-state index in [0.29, 0.717) is 31.9 Å². The number of hydrogen-bond acceptors (Lipinski definition) is 5. The molecule has 0 bridgehead atoms. The second-order valence-electron chi connectivity index (χ2n) is 5.26. The lowest BCUT2D eigenvalue weighted by molar-refractivity contribution is -0.117. The van der Waals surface area contributed by atoms with Crippen LogP contribution in [0.25, 0.3) is 0 Å². The highest BCUT2D eigenvalue weighted by Crippen LogP contribution is 2.30. The number of nitrogens with zero attached hydrogens (tertiary/aromatic N) is 1. The quantitative estimate of drug-likeness (QED) is 0.645. The van der Waals surface area contributed by atoms with Gasteiger partial charge in [-0.2, -0.15) is 0 Å². The lowest BCUT2D eigenvalue weighted by atomic mass is 10.2. The molecule has 0 unspecified atom stereocenters. The molecule has 2 rings (SSSR count). The number of sulfonamides is 1. The van der Waals surface area contributed by atoms with Crippen LogP contribution in [0.5, 0.6) is 0 Å². The highest BCUT2D eigenvalue weighted by molar-refractivity contribution is 7.89. The zero-order valence-electron chi connectivity index (χ0n) is 13.9. The van der Waals surface area contributed by atoms with E-state index in [-0.39, 0.29) is 29.8 Å². The Hall–Kier alpha value is -1.19. The van der Waals surface area contributed by atoms with Gasteiger partial charge in [-0.25, -0.2) is 13.1 Å². The Morgan fingerprint density at radius 1 is 1.38 bits per heavy atom. The molecule has 9 heteroatoms. The van der Waals surface area contributed by atoms with Gasteiger partial charge in [-0.05, 0) is 24.1 Å². The van der Waals surface area contributed by atoms with Crippen LogP contribution in [0.1, 0.15) is 12.5 Å². The Morgan fingerprint density at radius 3 is 2.79 bits per heavy atom. The lowest BCUT2D eigenvalue weighted by Gasteiger charge is -2.18. The third-order valence-electron chi connectivity index (χ3n) is 3.66. The zero-order valence-corrected chi connectivity index (χ0v) is 15.5. The van der Waals surface area contributed by atoms with E-state index in [9.17, 15) is 13.2 Å². The maximum absolute atomic E-state index is 12.3. The van der Waals surface area contributed by atoms with E-state index >= 15 is 0 Å². The molecule has 0 fully saturated rings. The van der Waals surface area contributed by atoms with Gasteiger partial charge in [0.1, 0.15) is 0 Å². The molecule has 1 heterocycles. The summed E-state index contributed by atoms with van der Waals surface area (Å²) in [6.07, 6.45) is 0.737. The van der Waals surface area contributed by atoms with Crippen molar-refractivity contribution in [2.45, 2.75) is 18.2 Å². The number of nitrogens with one attached hydrogen (secondary N) is 2. The summed E-state index contributed by atoms with van der Waals surface area (Å²) in [6.45, 7) is 3.96. The Balaban J connectivity index is 0.00000288. The smallest absolute Gasteiger partial charge is 0.240 e. The van der Waals surface area contributed by atoms with Gasteiger partial charge in [0.05, 0.1) is 18.0 Å². The summed E-state index contributed by atoms with van der Waals surface area (Å²) in [6, 6.07) is 4.94. The van der Waals surface area contributed by atoms with Crippen LogP contribution in [0.15, 0.2) is 23.1 Å². The van der Waals surface area contributed by atoms with Crippen molar-refractivity contribution in [1.29, 1.82) is 0 Å². The molecular weight excluding hydrogens is 354 g/mol. The van der Waals surface area contributed by atoms with Crippen molar-refractivity contribution in [3.63, 3.8) is 0 Å². The van der Waals surface area contributed by atoms with Gasteiger partial charge in [-0.3, -0.25) is 4.79 Å². The van der Waals surface area contributed by atoms with Crippen LogP contribution >= 0.6 is 12.4 Å². The van der Waals surface area contributed by atoms with Crippen molar-refractivity contribution in [2.24, 2.45) is 0 Å². The van der Waals surface area contributed by atoms with Gasteiger partial charge >= 0.3 is 0 Å². The topological polar surface area (TPSA) is 87.7 Å². The number of rotatable bonds is 8. The first-order valence-electron chi connectivity index (χ1n) is 7.62. The van der Waals surface area contributed by atoms with Gasteiger partial charge in [-0.1, -0.05) is 13.0 Å². The number of fused-ring (bicyclic) bond motifs is 1. The predicted octanol–water partition coefficient (Wildman–Crippen LogP) is 0.532. The summed E-state index contributed by atoms with van der Waals surface area (Å²) >= 11 is 0. The monoisotopic (exact) mass is 377 g/mol. The molecule has 136 valence electrons. The van der Waals surface area contributed by atoms with Crippen LogP contribution in [-0.2, 0) is 26.0 Å². The molecule has 1 aromatic rings. The van der Waals surface area contributed by atoms with E-state index in [1.54, 1.807) is 37.1 Å². The SMILES string of the molecule is CCNS(=O)(=O)c1ccc2c(c1)N(C(=O)CNCCOC)CC2.Cl. The van der Waals surface area contributed by atoms with E-state index in [0.717, 1.165) is 12.0 Å². The summed E-state index contributed by atoms with van der Waals surface area (Å²) in [7, 11) is -1.92. The average Bonchev–Trinajstić information content (AvgIpc) is 2.94. The van der Waals surface area contributed by atoms with Crippen molar-refractivity contribution in [3.8, 4) is 0 Å². The van der Waals surface area contributed by atoms with Crippen molar-refractivity contribution in [2.75, 3.05) is 44.8 Å². The number of ether oxygens (including phenoxy) is 1. The summed E-state index contributed by atoms with van der Waals surface area (Å²) in [5.41, 5.74) is 1.67.